The van der Waals surface area contributed by atoms with Crippen molar-refractivity contribution in [2.75, 3.05) is 12.3 Å². The Morgan fingerprint density at radius 2 is 2.00 bits per heavy atom. The van der Waals surface area contributed by atoms with Crippen LogP contribution in [0.3, 0.4) is 0 Å². The molecule has 2 amide bonds. The smallest absolute Gasteiger partial charge is 0.342 e. The van der Waals surface area contributed by atoms with Crippen LogP contribution in [0, 0.1) is 5.92 Å². The monoisotopic (exact) mass is 324 g/mol. The number of hydrogen-bond donors (Lipinski definition) is 1. The maximum absolute atomic E-state index is 12.4. The largest absolute Gasteiger partial charge is 0.441 e. The second kappa shape index (κ2) is 6.46. The summed E-state index contributed by atoms with van der Waals surface area (Å²) in [4.78, 5) is 25.9. The Morgan fingerprint density at radius 3 is 2.52 bits per heavy atom. The number of alkyl halides is 3. The Balaban J connectivity index is 2.02. The van der Waals surface area contributed by atoms with Crippen molar-refractivity contribution < 1.29 is 22.8 Å². The maximum Gasteiger partial charge on any atom is 0.441 e. The third kappa shape index (κ3) is 4.28. The summed E-state index contributed by atoms with van der Waals surface area (Å²) in [5.74, 6) is -0.536. The summed E-state index contributed by atoms with van der Waals surface area (Å²) in [5, 5.41) is 2.74. The molecule has 1 N–H and O–H groups in total. The number of carbonyl (C=O) groups excluding carboxylic acids is 2. The van der Waals surface area contributed by atoms with Gasteiger partial charge in [-0.15, -0.1) is 0 Å². The number of hydrogen-bond acceptors (Lipinski definition) is 3. The van der Waals surface area contributed by atoms with Crippen LogP contribution in [0.4, 0.5) is 13.2 Å². The van der Waals surface area contributed by atoms with Gasteiger partial charge in [-0.05, 0) is 36.9 Å². The lowest BCUT2D eigenvalue weighted by atomic mass is 10.0. The van der Waals surface area contributed by atoms with Crippen molar-refractivity contribution in [1.29, 1.82) is 0 Å². The molecular formula is C13H19F3N2O2S. The minimum absolute atomic E-state index is 0.0374. The molecule has 0 radical (unpaired) electrons. The Kier molecular flexibility index (Phi) is 5.06. The van der Waals surface area contributed by atoms with Crippen molar-refractivity contribution in [3.8, 4) is 0 Å². The van der Waals surface area contributed by atoms with Gasteiger partial charge < -0.3 is 10.2 Å². The first-order valence-electron chi connectivity index (χ1n) is 7.15. The number of halogens is 3. The first-order chi connectivity index (χ1) is 9.83. The van der Waals surface area contributed by atoms with Crippen LogP contribution in [0.15, 0.2) is 0 Å². The lowest BCUT2D eigenvalue weighted by Gasteiger charge is -2.39. The van der Waals surface area contributed by atoms with Crippen molar-refractivity contribution in [2.24, 2.45) is 5.92 Å². The van der Waals surface area contributed by atoms with Crippen LogP contribution >= 0.6 is 11.8 Å². The zero-order valence-electron chi connectivity index (χ0n) is 11.8. The second-order valence-electron chi connectivity index (χ2n) is 5.45. The molecule has 0 spiro atoms. The number of rotatable bonds is 6. The molecule has 4 nitrogen and oxygen atoms in total. The molecule has 2 aliphatic rings. The van der Waals surface area contributed by atoms with Gasteiger partial charge in [0.05, 0.1) is 0 Å². The SMILES string of the molecule is CCCC1C(=O)NC(C2CC2)C(=O)N1CCSC(F)(F)F. The van der Waals surface area contributed by atoms with Crippen LogP contribution in [-0.2, 0) is 9.59 Å². The van der Waals surface area contributed by atoms with Gasteiger partial charge >= 0.3 is 5.51 Å². The molecule has 1 aliphatic heterocycles. The Morgan fingerprint density at radius 1 is 1.33 bits per heavy atom. The van der Waals surface area contributed by atoms with E-state index in [1.165, 1.54) is 4.90 Å². The van der Waals surface area contributed by atoms with E-state index >= 15 is 0 Å². The van der Waals surface area contributed by atoms with Gasteiger partial charge in [-0.2, -0.15) is 13.2 Å². The Hall–Kier alpha value is -0.920. The predicted octanol–water partition coefficient (Wildman–Crippen LogP) is 2.15. The second-order valence-corrected chi connectivity index (χ2v) is 6.61. The fourth-order valence-corrected chi connectivity index (χ4v) is 3.14. The molecule has 2 fully saturated rings. The highest BCUT2D eigenvalue weighted by atomic mass is 32.2. The molecule has 0 bridgehead atoms. The molecule has 120 valence electrons. The van der Waals surface area contributed by atoms with E-state index in [-0.39, 0.29) is 41.8 Å². The number of carbonyl (C=O) groups is 2. The highest BCUT2D eigenvalue weighted by Gasteiger charge is 2.46. The molecule has 1 heterocycles. The van der Waals surface area contributed by atoms with E-state index in [1.54, 1.807) is 0 Å². The van der Waals surface area contributed by atoms with E-state index in [2.05, 4.69) is 5.32 Å². The van der Waals surface area contributed by atoms with E-state index in [0.717, 1.165) is 12.8 Å². The lowest BCUT2D eigenvalue weighted by Crippen LogP contribution is -2.64. The van der Waals surface area contributed by atoms with Gasteiger partial charge in [-0.25, -0.2) is 0 Å². The molecule has 0 aromatic carbocycles. The van der Waals surface area contributed by atoms with Crippen LogP contribution in [-0.4, -0.2) is 46.6 Å². The predicted molar refractivity (Wildman–Crippen MR) is 73.6 cm³/mol. The number of amides is 2. The average Bonchev–Trinajstić information content (AvgIpc) is 3.19. The lowest BCUT2D eigenvalue weighted by molar-refractivity contribution is -0.149. The van der Waals surface area contributed by atoms with E-state index in [9.17, 15) is 22.8 Å². The summed E-state index contributed by atoms with van der Waals surface area (Å²) in [7, 11) is 0. The van der Waals surface area contributed by atoms with E-state index < -0.39 is 17.6 Å². The zero-order valence-corrected chi connectivity index (χ0v) is 12.6. The molecular weight excluding hydrogens is 305 g/mol. The summed E-state index contributed by atoms with van der Waals surface area (Å²) >= 11 is -0.150. The maximum atomic E-state index is 12.4. The molecule has 1 saturated heterocycles. The van der Waals surface area contributed by atoms with Crippen molar-refractivity contribution in [3.05, 3.63) is 0 Å². The van der Waals surface area contributed by atoms with Gasteiger partial charge in [-0.1, -0.05) is 13.3 Å². The fraction of sp³-hybridized carbons (Fsp3) is 0.846. The van der Waals surface area contributed by atoms with Crippen LogP contribution in [0.2, 0.25) is 0 Å². The molecule has 2 atom stereocenters. The zero-order chi connectivity index (χ0) is 15.6. The van der Waals surface area contributed by atoms with Crippen LogP contribution < -0.4 is 5.32 Å². The van der Waals surface area contributed by atoms with E-state index in [4.69, 9.17) is 0 Å². The number of thioether (sulfide) groups is 1. The van der Waals surface area contributed by atoms with Crippen molar-refractivity contribution >= 4 is 23.6 Å². The molecule has 1 saturated carbocycles. The number of piperazine rings is 1. The topological polar surface area (TPSA) is 49.4 Å². The first-order valence-corrected chi connectivity index (χ1v) is 8.13. The van der Waals surface area contributed by atoms with E-state index in [0.29, 0.717) is 12.8 Å². The van der Waals surface area contributed by atoms with Gasteiger partial charge in [0.2, 0.25) is 11.8 Å². The van der Waals surface area contributed by atoms with Gasteiger partial charge in [-0.3, -0.25) is 9.59 Å². The first kappa shape index (κ1) is 16.5. The molecule has 1 aliphatic carbocycles. The quantitative estimate of drug-likeness (QED) is 0.814. The average molecular weight is 324 g/mol. The summed E-state index contributed by atoms with van der Waals surface area (Å²) in [6, 6.07) is -1.17. The van der Waals surface area contributed by atoms with Gasteiger partial charge in [0, 0.05) is 12.3 Å². The molecule has 2 unspecified atom stereocenters. The normalized spacial score (nSPS) is 27.0. The van der Waals surface area contributed by atoms with Crippen LogP contribution in [0.25, 0.3) is 0 Å². The van der Waals surface area contributed by atoms with Crippen LogP contribution in [0.5, 0.6) is 0 Å². The molecule has 8 heteroatoms. The standard InChI is InChI=1S/C13H19F3N2O2S/c1-2-3-9-11(19)17-10(8-4-5-8)12(20)18(9)6-7-21-13(14,15)16/h8-10H,2-7H2,1H3,(H,17,19). The summed E-state index contributed by atoms with van der Waals surface area (Å²) in [6.07, 6.45) is 2.95. The number of nitrogens with one attached hydrogen (secondary N) is 1. The highest BCUT2D eigenvalue weighted by molar-refractivity contribution is 8.00. The molecule has 0 aromatic heterocycles. The third-order valence-corrected chi connectivity index (χ3v) is 4.49. The van der Waals surface area contributed by atoms with Crippen molar-refractivity contribution in [1.82, 2.24) is 10.2 Å². The number of nitrogens with zero attached hydrogens (tertiary/aromatic N) is 1. The van der Waals surface area contributed by atoms with Crippen LogP contribution in [0.1, 0.15) is 32.6 Å². The molecule has 21 heavy (non-hydrogen) atoms. The molecule has 2 rings (SSSR count). The van der Waals surface area contributed by atoms with Crippen molar-refractivity contribution in [2.45, 2.75) is 50.2 Å². The van der Waals surface area contributed by atoms with E-state index in [1.807, 2.05) is 6.92 Å². The minimum atomic E-state index is -4.31. The minimum Gasteiger partial charge on any atom is -0.342 e. The molecule has 0 aromatic rings. The Labute approximate surface area is 125 Å². The highest BCUT2D eigenvalue weighted by Crippen LogP contribution is 2.36. The Bertz CT molecular complexity index is 413. The van der Waals surface area contributed by atoms with Gasteiger partial charge in [0.15, 0.2) is 0 Å². The fourth-order valence-electron chi connectivity index (χ4n) is 2.62. The van der Waals surface area contributed by atoms with Gasteiger partial charge in [0.25, 0.3) is 0 Å². The third-order valence-electron chi connectivity index (χ3n) is 3.78. The van der Waals surface area contributed by atoms with Gasteiger partial charge in [0.1, 0.15) is 12.1 Å². The summed E-state index contributed by atoms with van der Waals surface area (Å²) in [5.41, 5.74) is -4.31. The summed E-state index contributed by atoms with van der Waals surface area (Å²) in [6.45, 7) is 1.84. The summed E-state index contributed by atoms with van der Waals surface area (Å²) < 4.78 is 36.7. The van der Waals surface area contributed by atoms with Crippen molar-refractivity contribution in [3.63, 3.8) is 0 Å².